The summed E-state index contributed by atoms with van der Waals surface area (Å²) < 4.78 is 0. The van der Waals surface area contributed by atoms with Gasteiger partial charge in [0, 0.05) is 9.79 Å². The maximum absolute atomic E-state index is 10.3. The molecule has 0 spiro atoms. The van der Waals surface area contributed by atoms with E-state index in [-0.39, 0.29) is 52.5 Å². The average Bonchev–Trinajstić information content (AvgIpc) is 2.79. The number of hydrogen-bond donors (Lipinski definition) is 10. The summed E-state index contributed by atoms with van der Waals surface area (Å²) in [6, 6.07) is 14.3. The van der Waals surface area contributed by atoms with Gasteiger partial charge >= 0.3 is 11.9 Å². The molecule has 0 atom stereocenters. The van der Waals surface area contributed by atoms with Crippen molar-refractivity contribution in [1.29, 1.82) is 0 Å². The van der Waals surface area contributed by atoms with E-state index in [9.17, 15) is 9.59 Å². The molecule has 0 radical (unpaired) electrons. The summed E-state index contributed by atoms with van der Waals surface area (Å²) in [5.74, 6) is -1.63. The molecule has 10 nitrogen and oxygen atoms in total. The van der Waals surface area contributed by atoms with Gasteiger partial charge in [-0.05, 0) is 35.4 Å². The number of aliphatic hydroxyl groups excluding tert-OH is 6. The Labute approximate surface area is 209 Å². The zero-order chi connectivity index (χ0) is 26.8. The van der Waals surface area contributed by atoms with Gasteiger partial charge in [0.25, 0.3) is 0 Å². The van der Waals surface area contributed by atoms with Crippen LogP contribution in [0.25, 0.3) is 0 Å². The fraction of sp³-hybridized carbons (Fsp3) is 0.364. The van der Waals surface area contributed by atoms with E-state index in [4.69, 9.17) is 40.9 Å². The summed E-state index contributed by atoms with van der Waals surface area (Å²) in [5.41, 5.74) is 1.56. The smallest absolute Gasteiger partial charge is 0.307 e. The van der Waals surface area contributed by atoms with Crippen molar-refractivity contribution in [2.75, 3.05) is 39.6 Å². The molecule has 0 amide bonds. The van der Waals surface area contributed by atoms with Crippen LogP contribution in [0, 0.1) is 0 Å². The number of carboxylic acids is 2. The van der Waals surface area contributed by atoms with Crippen molar-refractivity contribution in [3.63, 3.8) is 0 Å². The number of benzene rings is 2. The Morgan fingerprint density at radius 1 is 0.559 bits per heavy atom. The highest BCUT2D eigenvalue weighted by Crippen LogP contribution is 2.09. The van der Waals surface area contributed by atoms with Crippen LogP contribution in [-0.2, 0) is 22.4 Å². The number of aliphatic carboxylic acids is 2. The van der Waals surface area contributed by atoms with Crippen LogP contribution < -0.4 is 0 Å². The molecule has 0 fully saturated rings. The number of carbonyl (C=O) groups is 2. The molecule has 0 aliphatic carbocycles. The van der Waals surface area contributed by atoms with E-state index < -0.39 is 11.9 Å². The molecule has 0 saturated carbocycles. The molecule has 8 N–H and O–H groups in total. The summed E-state index contributed by atoms with van der Waals surface area (Å²) in [7, 11) is 0. The first-order chi connectivity index (χ1) is 16.1. The molecule has 0 aromatic heterocycles. The van der Waals surface area contributed by atoms with Crippen LogP contribution in [0.4, 0.5) is 0 Å². The summed E-state index contributed by atoms with van der Waals surface area (Å²) in [5, 5.41) is 62.6. The Morgan fingerprint density at radius 3 is 1.00 bits per heavy atom. The van der Waals surface area contributed by atoms with Crippen LogP contribution in [0.3, 0.4) is 0 Å². The van der Waals surface area contributed by atoms with Crippen LogP contribution in [0.5, 0.6) is 0 Å². The molecule has 0 aliphatic rings. The third kappa shape index (κ3) is 29.8. The first-order valence-corrected chi connectivity index (χ1v) is 10.7. The maximum Gasteiger partial charge on any atom is 0.307 e. The van der Waals surface area contributed by atoms with E-state index in [1.54, 1.807) is 36.4 Å². The van der Waals surface area contributed by atoms with Crippen LogP contribution >= 0.6 is 25.3 Å². The molecular weight excluding hydrogens is 488 g/mol. The van der Waals surface area contributed by atoms with E-state index in [2.05, 4.69) is 25.3 Å². The van der Waals surface area contributed by atoms with Crippen molar-refractivity contribution in [2.24, 2.45) is 0 Å². The van der Waals surface area contributed by atoms with Gasteiger partial charge in [-0.1, -0.05) is 24.3 Å². The zero-order valence-corrected chi connectivity index (χ0v) is 20.4. The van der Waals surface area contributed by atoms with Crippen molar-refractivity contribution in [1.82, 2.24) is 0 Å². The van der Waals surface area contributed by atoms with Gasteiger partial charge < -0.3 is 40.9 Å². The predicted octanol–water partition coefficient (Wildman–Crippen LogP) is 0.118. The van der Waals surface area contributed by atoms with E-state index in [0.29, 0.717) is 0 Å². The van der Waals surface area contributed by atoms with Crippen molar-refractivity contribution in [3.8, 4) is 0 Å². The summed E-state index contributed by atoms with van der Waals surface area (Å²) >= 11 is 8.17. The summed E-state index contributed by atoms with van der Waals surface area (Å²) in [6.45, 7) is -0.750. The SMILES string of the molecule is O=C(O)Cc1cccc(S)c1.O=C(O)Cc1cccc(S)c1.OCCO.OCCO.OCCO. The third-order valence-corrected chi connectivity index (χ3v) is 3.39. The number of aliphatic hydroxyl groups is 6. The monoisotopic (exact) mass is 522 g/mol. The van der Waals surface area contributed by atoms with Gasteiger partial charge in [0.05, 0.1) is 52.5 Å². The Balaban J connectivity index is -0.000000390. The highest BCUT2D eigenvalue weighted by atomic mass is 32.1. The summed E-state index contributed by atoms with van der Waals surface area (Å²) in [6.07, 6.45) is 0.128. The quantitative estimate of drug-likeness (QED) is 0.223. The molecule has 194 valence electrons. The second kappa shape index (κ2) is 27.1. The van der Waals surface area contributed by atoms with Gasteiger partial charge in [-0.15, -0.1) is 25.3 Å². The molecule has 2 rings (SSSR count). The summed E-state index contributed by atoms with van der Waals surface area (Å²) in [4.78, 5) is 22.1. The van der Waals surface area contributed by atoms with Gasteiger partial charge in [0.2, 0.25) is 0 Å². The number of hydrogen-bond acceptors (Lipinski definition) is 10. The molecule has 0 heterocycles. The van der Waals surface area contributed by atoms with E-state index in [0.717, 1.165) is 20.9 Å². The van der Waals surface area contributed by atoms with Crippen molar-refractivity contribution < 1.29 is 50.4 Å². The van der Waals surface area contributed by atoms with Crippen LogP contribution in [0.2, 0.25) is 0 Å². The minimum atomic E-state index is -0.816. The lowest BCUT2D eigenvalue weighted by Gasteiger charge is -1.96. The van der Waals surface area contributed by atoms with E-state index in [1.165, 1.54) is 0 Å². The standard InChI is InChI=1S/2C8H8O2S.3C2H6O2/c2*9-8(10)5-6-2-1-3-7(11)4-6;3*3-1-2-4/h2*1-4,11H,5H2,(H,9,10);3*3-4H,1-2H2. The van der Waals surface area contributed by atoms with E-state index in [1.807, 2.05) is 12.1 Å². The average molecular weight is 523 g/mol. The third-order valence-electron chi connectivity index (χ3n) is 2.83. The highest BCUT2D eigenvalue weighted by molar-refractivity contribution is 7.80. The highest BCUT2D eigenvalue weighted by Gasteiger charge is 1.99. The predicted molar refractivity (Wildman–Crippen MR) is 133 cm³/mol. The number of rotatable bonds is 7. The molecule has 2 aromatic rings. The fourth-order valence-corrected chi connectivity index (χ4v) is 2.19. The normalized spacial score (nSPS) is 8.82. The Hall–Kier alpha value is -2.16. The van der Waals surface area contributed by atoms with E-state index >= 15 is 0 Å². The maximum atomic E-state index is 10.3. The lowest BCUT2D eigenvalue weighted by molar-refractivity contribution is -0.137. The molecule has 0 saturated heterocycles. The van der Waals surface area contributed by atoms with Gasteiger partial charge in [-0.3, -0.25) is 9.59 Å². The minimum absolute atomic E-state index is 0.0639. The van der Waals surface area contributed by atoms with Gasteiger partial charge in [-0.25, -0.2) is 0 Å². The Morgan fingerprint density at radius 2 is 0.824 bits per heavy atom. The lowest BCUT2D eigenvalue weighted by atomic mass is 10.2. The molecular formula is C22H34O10S2. The Bertz CT molecular complexity index is 687. The fourth-order valence-electron chi connectivity index (χ4n) is 1.68. The number of carboxylic acid groups (broad SMARTS) is 2. The van der Waals surface area contributed by atoms with Crippen LogP contribution in [-0.4, -0.2) is 92.4 Å². The Kier molecular flexibility index (Phi) is 29.0. The van der Waals surface area contributed by atoms with Gasteiger partial charge in [-0.2, -0.15) is 0 Å². The second-order valence-electron chi connectivity index (χ2n) is 5.82. The molecule has 0 unspecified atom stereocenters. The zero-order valence-electron chi connectivity index (χ0n) is 18.6. The molecule has 0 bridgehead atoms. The molecule has 0 aliphatic heterocycles. The van der Waals surface area contributed by atoms with Crippen molar-refractivity contribution >= 4 is 37.2 Å². The first kappa shape index (κ1) is 36.4. The largest absolute Gasteiger partial charge is 0.481 e. The first-order valence-electron chi connectivity index (χ1n) is 9.76. The minimum Gasteiger partial charge on any atom is -0.481 e. The second-order valence-corrected chi connectivity index (χ2v) is 6.86. The number of thiol groups is 2. The molecule has 2 aromatic carbocycles. The van der Waals surface area contributed by atoms with Gasteiger partial charge in [0.15, 0.2) is 0 Å². The lowest BCUT2D eigenvalue weighted by Crippen LogP contribution is -1.99. The van der Waals surface area contributed by atoms with Crippen LogP contribution in [0.1, 0.15) is 11.1 Å². The van der Waals surface area contributed by atoms with Crippen LogP contribution in [0.15, 0.2) is 58.3 Å². The molecule has 12 heteroatoms. The molecule has 34 heavy (non-hydrogen) atoms. The van der Waals surface area contributed by atoms with Crippen molar-refractivity contribution in [3.05, 3.63) is 59.7 Å². The van der Waals surface area contributed by atoms with Crippen molar-refractivity contribution in [2.45, 2.75) is 22.6 Å². The topological polar surface area (TPSA) is 196 Å². The van der Waals surface area contributed by atoms with Gasteiger partial charge in [0.1, 0.15) is 0 Å².